The van der Waals surface area contributed by atoms with E-state index in [0.717, 1.165) is 7.11 Å². The Morgan fingerprint density at radius 2 is 1.87 bits per heavy atom. The van der Waals surface area contributed by atoms with E-state index >= 15 is 0 Å². The van der Waals surface area contributed by atoms with Crippen molar-refractivity contribution in [2.45, 2.75) is 18.1 Å². The van der Waals surface area contributed by atoms with Gasteiger partial charge < -0.3 is 9.47 Å². The van der Waals surface area contributed by atoms with Gasteiger partial charge in [-0.1, -0.05) is 30.3 Å². The molecule has 2 nitrogen and oxygen atoms in total. The highest BCUT2D eigenvalue weighted by Gasteiger charge is 2.75. The summed E-state index contributed by atoms with van der Waals surface area (Å²) >= 11 is 0. The molecule has 0 radical (unpaired) electrons. The molecule has 2 rings (SSSR count). The molecule has 82 valence electrons. The van der Waals surface area contributed by atoms with Crippen LogP contribution < -0.4 is 0 Å². The molecule has 0 bridgehead atoms. The molecule has 0 spiro atoms. The molecule has 1 aliphatic rings. The average molecular weight is 218 g/mol. The van der Waals surface area contributed by atoms with Crippen molar-refractivity contribution in [3.63, 3.8) is 0 Å². The van der Waals surface area contributed by atoms with E-state index in [4.69, 9.17) is 0 Å². The molecular weight excluding hydrogens is 209 g/mol. The van der Waals surface area contributed by atoms with Gasteiger partial charge in [0.2, 0.25) is 0 Å². The molecule has 0 unspecified atom stereocenters. The summed E-state index contributed by atoms with van der Waals surface area (Å²) in [7, 11) is 0.996. The van der Waals surface area contributed by atoms with Crippen LogP contribution in [0.2, 0.25) is 0 Å². The fraction of sp³-hybridized carbons (Fsp3) is 0.400. The first-order valence-corrected chi connectivity index (χ1v) is 4.36. The van der Waals surface area contributed by atoms with E-state index in [0.29, 0.717) is 5.56 Å². The van der Waals surface area contributed by atoms with E-state index in [1.165, 1.54) is 0 Å². The summed E-state index contributed by atoms with van der Waals surface area (Å²) in [6.07, 6.45) is -5.56. The van der Waals surface area contributed by atoms with Crippen LogP contribution in [0.25, 0.3) is 0 Å². The van der Waals surface area contributed by atoms with Crippen LogP contribution >= 0.6 is 0 Å². The lowest BCUT2D eigenvalue weighted by molar-refractivity contribution is -0.263. The molecule has 0 amide bonds. The van der Waals surface area contributed by atoms with Crippen molar-refractivity contribution in [2.24, 2.45) is 0 Å². The van der Waals surface area contributed by atoms with Gasteiger partial charge in [0.15, 0.2) is 0 Å². The Morgan fingerprint density at radius 1 is 1.27 bits per heavy atom. The van der Waals surface area contributed by atoms with Crippen LogP contribution in [0.3, 0.4) is 0 Å². The van der Waals surface area contributed by atoms with E-state index < -0.39 is 18.1 Å². The Hall–Kier alpha value is -1.07. The zero-order valence-electron chi connectivity index (χ0n) is 7.91. The van der Waals surface area contributed by atoms with Crippen molar-refractivity contribution >= 4 is 0 Å². The number of epoxide rings is 1. The van der Waals surface area contributed by atoms with Crippen LogP contribution in [-0.4, -0.2) is 19.1 Å². The number of halogens is 3. The van der Waals surface area contributed by atoms with Crippen LogP contribution in [-0.2, 0) is 9.47 Å². The molecule has 0 aliphatic carbocycles. The maximum Gasteiger partial charge on any atom is 0.446 e. The molecule has 0 saturated carbocycles. The zero-order chi connectivity index (χ0) is 11.1. The molecule has 1 fully saturated rings. The predicted molar refractivity (Wildman–Crippen MR) is 46.1 cm³/mol. The fourth-order valence-electron chi connectivity index (χ4n) is 1.54. The van der Waals surface area contributed by atoms with Gasteiger partial charge in [0.1, 0.15) is 6.10 Å². The second-order valence-corrected chi connectivity index (χ2v) is 3.28. The lowest BCUT2D eigenvalue weighted by Crippen LogP contribution is -2.35. The van der Waals surface area contributed by atoms with Crippen LogP contribution in [0.15, 0.2) is 30.3 Å². The molecule has 15 heavy (non-hydrogen) atoms. The van der Waals surface area contributed by atoms with Crippen LogP contribution in [0, 0.1) is 0 Å². The van der Waals surface area contributed by atoms with Crippen molar-refractivity contribution < 1.29 is 22.6 Å². The number of hydrogen-bond acceptors (Lipinski definition) is 2. The van der Waals surface area contributed by atoms with Gasteiger partial charge in [-0.3, -0.25) is 0 Å². The number of hydrogen-bond donors (Lipinski definition) is 0. The standard InChI is InChI=1S/C10H9F3O2/c1-14-9(10(11,12)13)8(15-9)7-5-3-2-4-6-7/h2-6,8H,1H3/t8-,9-/m1/s1. The molecule has 1 aromatic carbocycles. The van der Waals surface area contributed by atoms with Crippen molar-refractivity contribution in [3.8, 4) is 0 Å². The highest BCUT2D eigenvalue weighted by Crippen LogP contribution is 2.58. The lowest BCUT2D eigenvalue weighted by Gasteiger charge is -2.14. The normalized spacial score (nSPS) is 30.3. The summed E-state index contributed by atoms with van der Waals surface area (Å²) in [5.74, 6) is -2.45. The third-order valence-electron chi connectivity index (χ3n) is 2.38. The van der Waals surface area contributed by atoms with Crippen LogP contribution in [0.4, 0.5) is 13.2 Å². The fourth-order valence-corrected chi connectivity index (χ4v) is 1.54. The monoisotopic (exact) mass is 218 g/mol. The molecule has 1 saturated heterocycles. The van der Waals surface area contributed by atoms with Gasteiger partial charge in [-0.05, 0) is 5.56 Å². The van der Waals surface area contributed by atoms with Gasteiger partial charge >= 0.3 is 6.18 Å². The molecule has 2 atom stereocenters. The van der Waals surface area contributed by atoms with Gasteiger partial charge in [-0.2, -0.15) is 13.2 Å². The number of methoxy groups -OCH3 is 1. The van der Waals surface area contributed by atoms with Crippen molar-refractivity contribution in [3.05, 3.63) is 35.9 Å². The molecule has 5 heteroatoms. The second kappa shape index (κ2) is 3.21. The first kappa shape index (κ1) is 10.4. The lowest BCUT2D eigenvalue weighted by atomic mass is 10.1. The Labute approximate surface area is 84.6 Å². The number of rotatable bonds is 2. The summed E-state index contributed by atoms with van der Waals surface area (Å²) in [4.78, 5) is 0. The van der Waals surface area contributed by atoms with Gasteiger partial charge in [0.05, 0.1) is 0 Å². The van der Waals surface area contributed by atoms with Gasteiger partial charge in [0, 0.05) is 7.11 Å². The molecule has 1 aromatic rings. The minimum atomic E-state index is -4.51. The molecule has 0 N–H and O–H groups in total. The number of alkyl halides is 3. The SMILES string of the molecule is CO[C@@]1(C(F)(F)F)O[C@@H]1c1ccccc1. The van der Waals surface area contributed by atoms with E-state index in [9.17, 15) is 13.2 Å². The third kappa shape index (κ3) is 1.52. The van der Waals surface area contributed by atoms with E-state index in [1.54, 1.807) is 30.3 Å². The Bertz CT molecular complexity index is 349. The Morgan fingerprint density at radius 3 is 2.27 bits per heavy atom. The topological polar surface area (TPSA) is 21.8 Å². The van der Waals surface area contributed by atoms with E-state index in [2.05, 4.69) is 9.47 Å². The average Bonchev–Trinajstić information content (AvgIpc) is 2.94. The Balaban J connectivity index is 2.24. The second-order valence-electron chi connectivity index (χ2n) is 3.28. The van der Waals surface area contributed by atoms with E-state index in [-0.39, 0.29) is 0 Å². The molecular formula is C10H9F3O2. The third-order valence-corrected chi connectivity index (χ3v) is 2.38. The first-order chi connectivity index (χ1) is 7.01. The zero-order valence-corrected chi connectivity index (χ0v) is 7.91. The first-order valence-electron chi connectivity index (χ1n) is 4.36. The molecule has 1 heterocycles. The smallest absolute Gasteiger partial charge is 0.344 e. The molecule has 1 aliphatic heterocycles. The van der Waals surface area contributed by atoms with E-state index in [1.807, 2.05) is 0 Å². The van der Waals surface area contributed by atoms with Crippen molar-refractivity contribution in [1.82, 2.24) is 0 Å². The minimum absolute atomic E-state index is 0.469. The highest BCUT2D eigenvalue weighted by atomic mass is 19.4. The largest absolute Gasteiger partial charge is 0.446 e. The maximum atomic E-state index is 12.6. The van der Waals surface area contributed by atoms with Gasteiger partial charge in [0.25, 0.3) is 5.79 Å². The highest BCUT2D eigenvalue weighted by molar-refractivity contribution is 5.25. The number of benzene rings is 1. The summed E-state index contributed by atoms with van der Waals surface area (Å²) in [5.41, 5.74) is 0.469. The quantitative estimate of drug-likeness (QED) is 0.712. The number of ether oxygens (including phenoxy) is 2. The summed E-state index contributed by atoms with van der Waals surface area (Å²) in [6, 6.07) is 8.21. The minimum Gasteiger partial charge on any atom is -0.344 e. The van der Waals surface area contributed by atoms with Crippen LogP contribution in [0.5, 0.6) is 0 Å². The van der Waals surface area contributed by atoms with Crippen molar-refractivity contribution in [1.29, 1.82) is 0 Å². The van der Waals surface area contributed by atoms with Crippen molar-refractivity contribution in [2.75, 3.05) is 7.11 Å². The summed E-state index contributed by atoms with van der Waals surface area (Å²) in [6.45, 7) is 0. The Kier molecular flexibility index (Phi) is 2.24. The van der Waals surface area contributed by atoms with Gasteiger partial charge in [-0.25, -0.2) is 0 Å². The van der Waals surface area contributed by atoms with Gasteiger partial charge in [-0.15, -0.1) is 0 Å². The molecule has 0 aromatic heterocycles. The summed E-state index contributed by atoms with van der Waals surface area (Å²) in [5, 5.41) is 0. The maximum absolute atomic E-state index is 12.6. The summed E-state index contributed by atoms with van der Waals surface area (Å²) < 4.78 is 46.8. The predicted octanol–water partition coefficient (Wildman–Crippen LogP) is 2.66. The van der Waals surface area contributed by atoms with Crippen LogP contribution in [0.1, 0.15) is 11.7 Å².